The van der Waals surface area contributed by atoms with Crippen molar-refractivity contribution in [3.63, 3.8) is 0 Å². The predicted octanol–water partition coefficient (Wildman–Crippen LogP) is 16.1. The Labute approximate surface area is 740 Å². The molecule has 15 heterocycles. The number of nitrogens with zero attached hydrogens (tertiary/aromatic N) is 16. The number of aliphatic hydroxyl groups excluding tert-OH is 3. The van der Waals surface area contributed by atoms with Crippen LogP contribution in [0.25, 0.3) is 60.1 Å². The third-order valence-corrected chi connectivity index (χ3v) is 26.3. The fourth-order valence-corrected chi connectivity index (χ4v) is 19.6. The van der Waals surface area contributed by atoms with Gasteiger partial charge in [-0.15, -0.1) is 0 Å². The van der Waals surface area contributed by atoms with Crippen LogP contribution in [0.3, 0.4) is 0 Å². The van der Waals surface area contributed by atoms with Crippen LogP contribution in [0.4, 0.5) is 0 Å². The molecule has 126 heavy (non-hydrogen) atoms. The van der Waals surface area contributed by atoms with Crippen molar-refractivity contribution >= 4 is 66.2 Å². The maximum absolute atomic E-state index is 11.2. The minimum absolute atomic E-state index is 0.0280. The van der Waals surface area contributed by atoms with Crippen LogP contribution < -0.4 is 0 Å². The monoisotopic (exact) mass is 1690 g/mol. The average Bonchev–Trinajstić information content (AvgIpc) is 1.54. The molecule has 654 valence electrons. The predicted molar refractivity (Wildman–Crippen MR) is 502 cm³/mol. The van der Waals surface area contributed by atoms with Crippen molar-refractivity contribution in [1.29, 1.82) is 0 Å². The first-order valence-electron chi connectivity index (χ1n) is 44.1. The molecule has 5 atom stereocenters. The van der Waals surface area contributed by atoms with Crippen molar-refractivity contribution in [2.75, 3.05) is 68.0 Å². The van der Waals surface area contributed by atoms with Gasteiger partial charge in [-0.1, -0.05) is 70.8 Å². The maximum atomic E-state index is 11.2. The molecule has 0 radical (unpaired) electrons. The Morgan fingerprint density at radius 3 is 1.26 bits per heavy atom. The molecule has 20 rings (SSSR count). The van der Waals surface area contributed by atoms with Crippen LogP contribution in [0.1, 0.15) is 156 Å². The molecular formula is C104H122N16O6. The third-order valence-electron chi connectivity index (χ3n) is 26.3. The van der Waals surface area contributed by atoms with E-state index in [2.05, 4.69) is 247 Å². The lowest BCUT2D eigenvalue weighted by Gasteiger charge is -2.28. The molecule has 15 aromatic rings. The normalized spacial score (nSPS) is 16.1. The topological polar surface area (TPSA) is 225 Å². The van der Waals surface area contributed by atoms with Crippen molar-refractivity contribution in [2.24, 2.45) is 7.05 Å². The van der Waals surface area contributed by atoms with Gasteiger partial charge in [0.25, 0.3) is 0 Å². The average molecular weight is 1690 g/mol. The van der Waals surface area contributed by atoms with Gasteiger partial charge in [-0.05, 0) is 243 Å². The number of likely N-dealkylation sites (N-methyl/N-ethyl adjacent to an activating group) is 5. The zero-order valence-electron chi connectivity index (χ0n) is 75.7. The minimum atomic E-state index is -0.956. The first kappa shape index (κ1) is 89.2. The molecule has 5 aliphatic rings. The Kier molecular flexibility index (Phi) is 27.4. The number of carbonyl (C=O) groups excluding carboxylic acids is 2. The summed E-state index contributed by atoms with van der Waals surface area (Å²) in [6.45, 7) is 33.9. The Bertz CT molecular complexity index is 6430. The van der Waals surface area contributed by atoms with Crippen LogP contribution in [0.2, 0.25) is 0 Å². The number of allylic oxidation sites excluding steroid dienone is 1. The van der Waals surface area contributed by atoms with E-state index in [0.29, 0.717) is 19.6 Å². The van der Waals surface area contributed by atoms with E-state index in [1.165, 1.54) is 144 Å². The summed E-state index contributed by atoms with van der Waals surface area (Å²) < 4.78 is 13.5. The van der Waals surface area contributed by atoms with Crippen LogP contribution in [0.5, 0.6) is 0 Å². The van der Waals surface area contributed by atoms with Gasteiger partial charge in [0, 0.05) is 261 Å². The van der Waals surface area contributed by atoms with Gasteiger partial charge in [-0.25, -0.2) is 0 Å². The molecule has 5 aromatic carbocycles. The molecule has 0 saturated heterocycles. The van der Waals surface area contributed by atoms with E-state index in [-0.39, 0.29) is 12.2 Å². The number of hydrogen-bond donors (Lipinski definition) is 4. The molecule has 10 aromatic heterocycles. The van der Waals surface area contributed by atoms with Gasteiger partial charge in [0.15, 0.2) is 0 Å². The number of rotatable bonds is 15. The molecule has 0 saturated carbocycles. The molecule has 0 bridgehead atoms. The molecule has 0 fully saturated rings. The Morgan fingerprint density at radius 2 is 0.825 bits per heavy atom. The molecule has 22 heteroatoms. The van der Waals surface area contributed by atoms with Crippen LogP contribution >= 0.6 is 0 Å². The zero-order valence-corrected chi connectivity index (χ0v) is 75.7. The van der Waals surface area contributed by atoms with E-state index in [1.54, 1.807) is 41.9 Å². The van der Waals surface area contributed by atoms with Gasteiger partial charge in [0.05, 0.1) is 50.2 Å². The summed E-state index contributed by atoms with van der Waals surface area (Å²) in [6, 6.07) is 47.0. The second-order valence-electron chi connectivity index (χ2n) is 36.0. The lowest BCUT2D eigenvalue weighted by atomic mass is 9.97. The summed E-state index contributed by atoms with van der Waals surface area (Å²) in [7, 11) is 12.8. The number of pyridine rings is 4. The van der Waals surface area contributed by atoms with Crippen LogP contribution in [0.15, 0.2) is 202 Å². The second-order valence-corrected chi connectivity index (χ2v) is 36.0. The summed E-state index contributed by atoms with van der Waals surface area (Å²) in [6.07, 6.45) is 21.7. The van der Waals surface area contributed by atoms with Crippen molar-refractivity contribution < 1.29 is 30.0 Å². The fraction of sp³-hybridized carbons (Fsp3) is 0.365. The van der Waals surface area contributed by atoms with E-state index in [4.69, 9.17) is 9.59 Å². The summed E-state index contributed by atoms with van der Waals surface area (Å²) >= 11 is 0. The largest absolute Gasteiger partial charge is 0.387 e. The smallest absolute Gasteiger partial charge is 0.373 e. The number of hydrogen-bond acceptors (Lipinski definition) is 16. The number of aryl methyl sites for hydroxylation is 7. The van der Waals surface area contributed by atoms with Crippen LogP contribution in [-0.2, 0) is 113 Å². The van der Waals surface area contributed by atoms with E-state index in [1.807, 2.05) is 88.1 Å². The molecule has 4 N–H and O–H groups in total. The standard InChI is InChI=1S/3C21H25N3O.C21H23N3.C19H24N4O.CO2/c1-14-4-5-19-17(12-14)18-13-23(3)11-8-20(18)24(19)15(2)21(25)16-6-9-22-10-7-16;1-14-4-5-19-17(10-14)18-12-23(3)9-7-20(18)24(19)13-21(25)16-6-8-22-11-15(16)2;1-15-6-7-19-17(11-15)18-13-23(3)10-8-20(18)24(19)14-21(2,25)16-5-4-9-22-12-16;1-15-4-5-20-18(12-15)19-14-23(3)11-8-21(19)24(20)13-16(2)17-6-9-22-10-7-17;1-13-4-5-17-15(8-13)16-11-21(2)7-6-18(16)23(17)12-19(24)14-9-20-22(3)10-14;2-1-3/h4-7,9-10,12,15,21,25H,8,11,13H2,1-3H3;4-6,8,10-11,21,25H,7,9,12-13H2,1-3H3;4-7,9,11-12,25H,8,10,13-14H2,1-3H3;4-7,9-10,12H,2,8,11,13-14H2,1,3H3;4-5,8-10,19,24H,6-7,11-12H2,1-3H3;. The summed E-state index contributed by atoms with van der Waals surface area (Å²) in [5.74, 6) is 0. The van der Waals surface area contributed by atoms with Crippen molar-refractivity contribution in [1.82, 2.24) is 77.1 Å². The molecular weight excluding hydrogens is 1570 g/mol. The van der Waals surface area contributed by atoms with E-state index in [9.17, 15) is 20.4 Å². The highest BCUT2D eigenvalue weighted by Crippen LogP contribution is 2.42. The van der Waals surface area contributed by atoms with Crippen molar-refractivity contribution in [2.45, 2.75) is 176 Å². The van der Waals surface area contributed by atoms with Gasteiger partial charge >= 0.3 is 6.15 Å². The van der Waals surface area contributed by atoms with Gasteiger partial charge < -0.3 is 67.8 Å². The first-order chi connectivity index (χ1) is 60.6. The van der Waals surface area contributed by atoms with Gasteiger partial charge in [0.2, 0.25) is 0 Å². The molecule has 5 unspecified atom stereocenters. The molecule has 22 nitrogen and oxygen atoms in total. The summed E-state index contributed by atoms with van der Waals surface area (Å²) in [4.78, 5) is 44.6. The quantitative estimate of drug-likeness (QED) is 0.0749. The Balaban J connectivity index is 0.000000121. The van der Waals surface area contributed by atoms with Crippen molar-refractivity contribution in [3.8, 4) is 0 Å². The molecule has 0 amide bonds. The van der Waals surface area contributed by atoms with Gasteiger partial charge in [-0.2, -0.15) is 14.7 Å². The van der Waals surface area contributed by atoms with Crippen molar-refractivity contribution in [3.05, 3.63) is 319 Å². The van der Waals surface area contributed by atoms with Crippen LogP contribution in [0, 0.1) is 41.5 Å². The number of aliphatic hydroxyl groups is 4. The summed E-state index contributed by atoms with van der Waals surface area (Å²) in [5.41, 5.74) is 32.8. The first-order valence-corrected chi connectivity index (χ1v) is 44.1. The Morgan fingerprint density at radius 1 is 0.444 bits per heavy atom. The zero-order chi connectivity index (χ0) is 88.9. The second kappa shape index (κ2) is 38.7. The lowest BCUT2D eigenvalue weighted by Crippen LogP contribution is -2.31. The number of fused-ring (bicyclic) bond motifs is 15. The number of benzene rings is 5. The molecule has 0 aliphatic carbocycles. The SMILES string of the molecule is C=C(Cn1c2c(c3cc(C)ccc31)CN(C)CC2)c1ccncc1.Cc1ccc2c(c1)c1c(n2C(C)C(O)c2ccncc2)CCN(C)C1.Cc1ccc2c(c1)c1c(n2CC(C)(O)c2cccnc2)CCN(C)C1.Cc1ccc2c(c1)c1c(n2CC(O)c2ccncc2C)CCN(C)C1.Cc1ccc2c(c1)c1c(n2CC(O)c2cnn(C)c2)CCN(C)C1.O=C=O. The van der Waals surface area contributed by atoms with E-state index >= 15 is 0 Å². The van der Waals surface area contributed by atoms with Gasteiger partial charge in [-0.3, -0.25) is 24.6 Å². The highest BCUT2D eigenvalue weighted by Gasteiger charge is 2.33. The highest BCUT2D eigenvalue weighted by molar-refractivity contribution is 5.91. The number of aromatic nitrogens is 11. The lowest BCUT2D eigenvalue weighted by molar-refractivity contribution is -0.191. The fourth-order valence-electron chi connectivity index (χ4n) is 19.6. The molecule has 5 aliphatic heterocycles. The molecule has 0 spiro atoms. The van der Waals surface area contributed by atoms with E-state index < -0.39 is 23.9 Å². The van der Waals surface area contributed by atoms with Crippen LogP contribution in [-0.4, -0.2) is 172 Å². The highest BCUT2D eigenvalue weighted by atomic mass is 16.3. The maximum Gasteiger partial charge on any atom is 0.373 e. The Hall–Kier alpha value is -11.6. The van der Waals surface area contributed by atoms with E-state index in [0.717, 1.165) is 137 Å². The summed E-state index contributed by atoms with van der Waals surface area (Å²) in [5, 5.41) is 54.6. The third kappa shape index (κ3) is 19.2. The minimum Gasteiger partial charge on any atom is -0.387 e. The van der Waals surface area contributed by atoms with Gasteiger partial charge in [0.1, 0.15) is 5.60 Å².